The monoisotopic (exact) mass is 264 g/mol. The lowest BCUT2D eigenvalue weighted by Gasteiger charge is -2.13. The van der Waals surface area contributed by atoms with Gasteiger partial charge in [-0.3, -0.25) is 4.90 Å². The predicted molar refractivity (Wildman–Crippen MR) is 79.0 cm³/mol. The van der Waals surface area contributed by atoms with Gasteiger partial charge < -0.3 is 9.73 Å². The lowest BCUT2D eigenvalue weighted by Crippen LogP contribution is -2.20. The second-order valence-electron chi connectivity index (χ2n) is 6.46. The quantitative estimate of drug-likeness (QED) is 0.781. The van der Waals surface area contributed by atoms with E-state index >= 15 is 0 Å². The van der Waals surface area contributed by atoms with Crippen molar-refractivity contribution in [3.05, 3.63) is 23.2 Å². The number of hydrogen-bond acceptors (Lipinski definition) is 3. The molecule has 108 valence electrons. The summed E-state index contributed by atoms with van der Waals surface area (Å²) in [6.45, 7) is 10.6. The van der Waals surface area contributed by atoms with Crippen molar-refractivity contribution in [1.29, 1.82) is 0 Å². The van der Waals surface area contributed by atoms with Crippen LogP contribution in [0.25, 0.3) is 0 Å². The largest absolute Gasteiger partial charge is 0.465 e. The van der Waals surface area contributed by atoms with Crippen LogP contribution in [0.3, 0.4) is 0 Å². The highest BCUT2D eigenvalue weighted by atomic mass is 16.3. The fourth-order valence-electron chi connectivity index (χ4n) is 2.41. The second-order valence-corrected chi connectivity index (χ2v) is 6.46. The number of hydrogen-bond donors (Lipinski definition) is 1. The molecule has 0 atom stereocenters. The summed E-state index contributed by atoms with van der Waals surface area (Å²) in [6, 6.07) is 2.21. The van der Waals surface area contributed by atoms with Gasteiger partial charge in [0.2, 0.25) is 0 Å². The summed E-state index contributed by atoms with van der Waals surface area (Å²) in [7, 11) is 2.19. The van der Waals surface area contributed by atoms with Gasteiger partial charge in [0, 0.05) is 18.7 Å². The molecule has 1 aromatic heterocycles. The van der Waals surface area contributed by atoms with Crippen molar-refractivity contribution in [1.82, 2.24) is 10.2 Å². The molecule has 1 aromatic rings. The van der Waals surface area contributed by atoms with E-state index in [9.17, 15) is 0 Å². The molecule has 1 heterocycles. The van der Waals surface area contributed by atoms with E-state index in [1.807, 2.05) is 0 Å². The minimum Gasteiger partial charge on any atom is -0.465 e. The highest BCUT2D eigenvalue weighted by Crippen LogP contribution is 2.29. The van der Waals surface area contributed by atoms with Gasteiger partial charge in [-0.2, -0.15) is 0 Å². The van der Waals surface area contributed by atoms with E-state index in [0.29, 0.717) is 5.92 Å². The van der Waals surface area contributed by atoms with Crippen molar-refractivity contribution in [2.45, 2.75) is 46.7 Å². The zero-order valence-electron chi connectivity index (χ0n) is 12.8. The molecule has 0 saturated heterocycles. The Labute approximate surface area is 117 Å². The van der Waals surface area contributed by atoms with Crippen LogP contribution >= 0.6 is 0 Å². The minimum absolute atomic E-state index is 0.691. The van der Waals surface area contributed by atoms with Crippen LogP contribution in [0.2, 0.25) is 0 Å². The lowest BCUT2D eigenvalue weighted by molar-refractivity contribution is 0.282. The van der Waals surface area contributed by atoms with Crippen LogP contribution in [0.4, 0.5) is 0 Å². The van der Waals surface area contributed by atoms with Crippen molar-refractivity contribution in [3.63, 3.8) is 0 Å². The molecule has 0 aliphatic heterocycles. The molecule has 1 saturated carbocycles. The van der Waals surface area contributed by atoms with Gasteiger partial charge in [-0.05, 0) is 51.3 Å². The number of nitrogens with zero attached hydrogens (tertiary/aromatic N) is 1. The summed E-state index contributed by atoms with van der Waals surface area (Å²) >= 11 is 0. The van der Waals surface area contributed by atoms with Crippen LogP contribution < -0.4 is 5.32 Å². The fraction of sp³-hybridized carbons (Fsp3) is 0.750. The van der Waals surface area contributed by atoms with Gasteiger partial charge in [-0.1, -0.05) is 13.8 Å². The maximum atomic E-state index is 5.86. The van der Waals surface area contributed by atoms with Gasteiger partial charge in [-0.15, -0.1) is 0 Å². The molecule has 3 heteroatoms. The number of nitrogens with one attached hydrogen (secondary N) is 1. The number of rotatable bonds is 8. The topological polar surface area (TPSA) is 28.4 Å². The zero-order chi connectivity index (χ0) is 13.8. The van der Waals surface area contributed by atoms with E-state index < -0.39 is 0 Å². The first-order chi connectivity index (χ1) is 9.04. The zero-order valence-corrected chi connectivity index (χ0v) is 12.8. The highest BCUT2D eigenvalue weighted by Gasteiger charge is 2.23. The molecule has 0 spiro atoms. The predicted octanol–water partition coefficient (Wildman–Crippen LogP) is 3.18. The van der Waals surface area contributed by atoms with E-state index in [1.54, 1.807) is 0 Å². The first kappa shape index (κ1) is 14.6. The smallest absolute Gasteiger partial charge is 0.118 e. The first-order valence-electron chi connectivity index (χ1n) is 7.52. The average Bonchev–Trinajstić information content (AvgIpc) is 3.04. The molecule has 3 nitrogen and oxygen atoms in total. The Bertz CT molecular complexity index is 393. The Balaban J connectivity index is 1.81. The van der Waals surface area contributed by atoms with Gasteiger partial charge in [-0.25, -0.2) is 0 Å². The summed E-state index contributed by atoms with van der Waals surface area (Å²) < 4.78 is 5.86. The van der Waals surface area contributed by atoms with Crippen LogP contribution in [0.15, 0.2) is 10.5 Å². The normalized spacial score (nSPS) is 15.7. The minimum atomic E-state index is 0.691. The van der Waals surface area contributed by atoms with E-state index in [2.05, 4.69) is 44.1 Å². The first-order valence-corrected chi connectivity index (χ1v) is 7.52. The summed E-state index contributed by atoms with van der Waals surface area (Å²) in [5.41, 5.74) is 1.30. The third-order valence-electron chi connectivity index (χ3n) is 3.63. The summed E-state index contributed by atoms with van der Waals surface area (Å²) in [6.07, 6.45) is 2.82. The Kier molecular flexibility index (Phi) is 5.06. The highest BCUT2D eigenvalue weighted by molar-refractivity contribution is 5.20. The average molecular weight is 264 g/mol. The van der Waals surface area contributed by atoms with Crippen molar-refractivity contribution in [2.24, 2.45) is 11.8 Å². The molecule has 19 heavy (non-hydrogen) atoms. The van der Waals surface area contributed by atoms with Gasteiger partial charge >= 0.3 is 0 Å². The van der Waals surface area contributed by atoms with Gasteiger partial charge in [0.05, 0.1) is 6.54 Å². The maximum absolute atomic E-state index is 5.86. The summed E-state index contributed by atoms with van der Waals surface area (Å²) in [5.74, 6) is 3.79. The molecule has 0 unspecified atom stereocenters. The van der Waals surface area contributed by atoms with E-state index in [-0.39, 0.29) is 0 Å². The number of furan rings is 1. The molecule has 0 bridgehead atoms. The Morgan fingerprint density at radius 2 is 2.16 bits per heavy atom. The molecular formula is C16H28N2O. The fourth-order valence-corrected chi connectivity index (χ4v) is 2.41. The standard InChI is InChI=1S/C16H28N2O/c1-12(2)8-17-9-15-7-16(19-13(15)3)11-18(4)10-14-5-6-14/h7,12,14,17H,5-6,8-11H2,1-4H3. The second kappa shape index (κ2) is 6.58. The van der Waals surface area contributed by atoms with Crippen molar-refractivity contribution in [3.8, 4) is 0 Å². The van der Waals surface area contributed by atoms with Crippen molar-refractivity contribution >= 4 is 0 Å². The molecule has 0 amide bonds. The van der Waals surface area contributed by atoms with Crippen molar-refractivity contribution < 1.29 is 4.42 Å². The van der Waals surface area contributed by atoms with Crippen LogP contribution in [0, 0.1) is 18.8 Å². The summed E-state index contributed by atoms with van der Waals surface area (Å²) in [4.78, 5) is 2.38. The third kappa shape index (κ3) is 5.00. The molecule has 2 rings (SSSR count). The Morgan fingerprint density at radius 1 is 1.42 bits per heavy atom. The van der Waals surface area contributed by atoms with Crippen LogP contribution in [0.5, 0.6) is 0 Å². The molecule has 1 N–H and O–H groups in total. The van der Waals surface area contributed by atoms with Crippen LogP contribution in [-0.2, 0) is 13.1 Å². The van der Waals surface area contributed by atoms with E-state index in [0.717, 1.165) is 37.1 Å². The Morgan fingerprint density at radius 3 is 2.79 bits per heavy atom. The van der Waals surface area contributed by atoms with Gasteiger partial charge in [0.1, 0.15) is 11.5 Å². The maximum Gasteiger partial charge on any atom is 0.118 e. The van der Waals surface area contributed by atoms with E-state index in [4.69, 9.17) is 4.42 Å². The molecule has 1 aliphatic rings. The lowest BCUT2D eigenvalue weighted by atomic mass is 10.2. The van der Waals surface area contributed by atoms with E-state index in [1.165, 1.54) is 24.9 Å². The number of aryl methyl sites for hydroxylation is 1. The molecule has 0 radical (unpaired) electrons. The molecule has 0 aromatic carbocycles. The third-order valence-corrected chi connectivity index (χ3v) is 3.63. The van der Waals surface area contributed by atoms with Gasteiger partial charge in [0.25, 0.3) is 0 Å². The SMILES string of the molecule is Cc1oc(CN(C)CC2CC2)cc1CNCC(C)C. The molecule has 1 fully saturated rings. The Hall–Kier alpha value is -0.800. The summed E-state index contributed by atoms with van der Waals surface area (Å²) in [5, 5.41) is 3.48. The van der Waals surface area contributed by atoms with Crippen LogP contribution in [0.1, 0.15) is 43.8 Å². The molecular weight excluding hydrogens is 236 g/mol. The van der Waals surface area contributed by atoms with Gasteiger partial charge in [0.15, 0.2) is 0 Å². The molecule has 1 aliphatic carbocycles. The van der Waals surface area contributed by atoms with Crippen molar-refractivity contribution in [2.75, 3.05) is 20.1 Å². The van der Waals surface area contributed by atoms with Crippen LogP contribution in [-0.4, -0.2) is 25.0 Å².